The van der Waals surface area contributed by atoms with E-state index in [9.17, 15) is 9.59 Å². The van der Waals surface area contributed by atoms with E-state index < -0.39 is 0 Å². The Labute approximate surface area is 180 Å². The molecule has 3 aromatic carbocycles. The number of hydrogen-bond acceptors (Lipinski definition) is 4. The highest BCUT2D eigenvalue weighted by Crippen LogP contribution is 2.22. The molecule has 2 amide bonds. The van der Waals surface area contributed by atoms with Crippen LogP contribution in [0.5, 0.6) is 5.75 Å². The van der Waals surface area contributed by atoms with E-state index >= 15 is 0 Å². The first-order valence-electron chi connectivity index (χ1n) is 9.99. The molecule has 0 saturated carbocycles. The lowest BCUT2D eigenvalue weighted by molar-refractivity contribution is -0.118. The van der Waals surface area contributed by atoms with Gasteiger partial charge in [0.25, 0.3) is 11.8 Å². The van der Waals surface area contributed by atoms with Gasteiger partial charge in [-0.2, -0.15) is 11.8 Å². The molecular weight excluding hydrogens is 396 g/mol. The van der Waals surface area contributed by atoms with Crippen LogP contribution in [0.25, 0.3) is 10.8 Å². The maximum absolute atomic E-state index is 12.6. The van der Waals surface area contributed by atoms with Crippen molar-refractivity contribution in [2.24, 2.45) is 0 Å². The van der Waals surface area contributed by atoms with E-state index in [4.69, 9.17) is 4.74 Å². The van der Waals surface area contributed by atoms with Crippen LogP contribution < -0.4 is 10.1 Å². The Morgan fingerprint density at radius 1 is 1.00 bits per heavy atom. The second-order valence-corrected chi connectivity index (χ2v) is 8.50. The van der Waals surface area contributed by atoms with Gasteiger partial charge < -0.3 is 15.0 Å². The molecule has 5 nitrogen and oxygen atoms in total. The lowest BCUT2D eigenvalue weighted by atomic mass is 10.1. The molecule has 4 rings (SSSR count). The number of fused-ring (bicyclic) bond motifs is 1. The number of rotatable bonds is 5. The number of amides is 2. The number of aryl methyl sites for hydroxylation is 1. The van der Waals surface area contributed by atoms with E-state index in [1.807, 2.05) is 72.1 Å². The molecule has 1 heterocycles. The molecule has 1 saturated heterocycles. The van der Waals surface area contributed by atoms with Crippen molar-refractivity contribution in [1.29, 1.82) is 0 Å². The zero-order valence-corrected chi connectivity index (χ0v) is 17.7. The van der Waals surface area contributed by atoms with E-state index in [0.717, 1.165) is 40.9 Å². The van der Waals surface area contributed by atoms with Gasteiger partial charge in [0.05, 0.1) is 0 Å². The molecule has 1 fully saturated rings. The summed E-state index contributed by atoms with van der Waals surface area (Å²) in [6.45, 7) is 3.38. The van der Waals surface area contributed by atoms with Crippen molar-refractivity contribution in [1.82, 2.24) is 4.90 Å². The Morgan fingerprint density at radius 3 is 2.53 bits per heavy atom. The Bertz CT molecular complexity index is 1080. The Balaban J connectivity index is 1.36. The molecule has 0 spiro atoms. The summed E-state index contributed by atoms with van der Waals surface area (Å²) in [5, 5.41) is 5.07. The van der Waals surface area contributed by atoms with Gasteiger partial charge in [-0.05, 0) is 53.6 Å². The Kier molecular flexibility index (Phi) is 6.23. The predicted octanol–water partition coefficient (Wildman–Crippen LogP) is 4.35. The number of carbonyl (C=O) groups is 2. The van der Waals surface area contributed by atoms with Gasteiger partial charge in [-0.1, -0.05) is 30.3 Å². The van der Waals surface area contributed by atoms with Crippen molar-refractivity contribution in [3.05, 3.63) is 71.8 Å². The summed E-state index contributed by atoms with van der Waals surface area (Å²) in [5.74, 6) is 2.43. The summed E-state index contributed by atoms with van der Waals surface area (Å²) in [6, 6.07) is 19.2. The van der Waals surface area contributed by atoms with Crippen molar-refractivity contribution in [2.75, 3.05) is 36.5 Å². The van der Waals surface area contributed by atoms with Crippen LogP contribution >= 0.6 is 11.8 Å². The zero-order chi connectivity index (χ0) is 20.9. The lowest BCUT2D eigenvalue weighted by Crippen LogP contribution is -2.37. The molecular formula is C24H24N2O3S. The summed E-state index contributed by atoms with van der Waals surface area (Å²) < 4.78 is 5.65. The molecule has 30 heavy (non-hydrogen) atoms. The van der Waals surface area contributed by atoms with E-state index in [0.29, 0.717) is 17.0 Å². The van der Waals surface area contributed by atoms with Gasteiger partial charge in [-0.25, -0.2) is 0 Å². The molecule has 0 bridgehead atoms. The van der Waals surface area contributed by atoms with Crippen LogP contribution in [0.2, 0.25) is 0 Å². The smallest absolute Gasteiger partial charge is 0.262 e. The molecule has 0 aliphatic carbocycles. The molecule has 0 atom stereocenters. The Morgan fingerprint density at radius 2 is 1.77 bits per heavy atom. The number of thioether (sulfide) groups is 1. The molecule has 1 aliphatic heterocycles. The first-order valence-corrected chi connectivity index (χ1v) is 11.1. The van der Waals surface area contributed by atoms with E-state index in [-0.39, 0.29) is 18.4 Å². The molecule has 0 aromatic heterocycles. The summed E-state index contributed by atoms with van der Waals surface area (Å²) in [6.07, 6.45) is 0. The quantitative estimate of drug-likeness (QED) is 0.667. The molecule has 1 N–H and O–H groups in total. The summed E-state index contributed by atoms with van der Waals surface area (Å²) in [5.41, 5.74) is 2.20. The molecule has 3 aromatic rings. The van der Waals surface area contributed by atoms with Crippen molar-refractivity contribution in [2.45, 2.75) is 6.92 Å². The number of anilines is 1. The first kappa shape index (κ1) is 20.3. The van der Waals surface area contributed by atoms with E-state index in [1.165, 1.54) is 0 Å². The van der Waals surface area contributed by atoms with Crippen LogP contribution in [0.1, 0.15) is 15.9 Å². The maximum Gasteiger partial charge on any atom is 0.262 e. The number of hydrogen-bond donors (Lipinski definition) is 1. The highest BCUT2D eigenvalue weighted by molar-refractivity contribution is 7.99. The fourth-order valence-electron chi connectivity index (χ4n) is 3.48. The van der Waals surface area contributed by atoms with Crippen molar-refractivity contribution in [3.8, 4) is 5.75 Å². The van der Waals surface area contributed by atoms with Crippen LogP contribution in [0.4, 0.5) is 5.69 Å². The average molecular weight is 421 g/mol. The molecule has 0 radical (unpaired) electrons. The minimum absolute atomic E-state index is 0.0518. The monoisotopic (exact) mass is 420 g/mol. The van der Waals surface area contributed by atoms with Gasteiger partial charge in [0.2, 0.25) is 0 Å². The van der Waals surface area contributed by atoms with E-state index in [1.54, 1.807) is 12.1 Å². The van der Waals surface area contributed by atoms with Gasteiger partial charge in [0, 0.05) is 35.8 Å². The van der Waals surface area contributed by atoms with Crippen molar-refractivity contribution in [3.63, 3.8) is 0 Å². The SMILES string of the molecule is Cc1cc(C(=O)N2CCSCC2)ccc1NC(=O)COc1ccc2ccccc2c1. The number of benzene rings is 3. The van der Waals surface area contributed by atoms with Crippen LogP contribution in [0.15, 0.2) is 60.7 Å². The van der Waals surface area contributed by atoms with Crippen LogP contribution in [0.3, 0.4) is 0 Å². The van der Waals surface area contributed by atoms with Crippen LogP contribution in [-0.4, -0.2) is 47.9 Å². The zero-order valence-electron chi connectivity index (χ0n) is 16.9. The highest BCUT2D eigenvalue weighted by Gasteiger charge is 2.19. The average Bonchev–Trinajstić information content (AvgIpc) is 2.79. The van der Waals surface area contributed by atoms with E-state index in [2.05, 4.69) is 5.32 Å². The van der Waals surface area contributed by atoms with Gasteiger partial charge in [-0.3, -0.25) is 9.59 Å². The Hall–Kier alpha value is -2.99. The molecule has 1 aliphatic rings. The third kappa shape index (κ3) is 4.76. The normalized spacial score (nSPS) is 13.8. The fourth-order valence-corrected chi connectivity index (χ4v) is 4.38. The summed E-state index contributed by atoms with van der Waals surface area (Å²) >= 11 is 1.87. The highest BCUT2D eigenvalue weighted by atomic mass is 32.2. The molecule has 0 unspecified atom stereocenters. The van der Waals surface area contributed by atoms with Gasteiger partial charge >= 0.3 is 0 Å². The first-order chi connectivity index (χ1) is 14.6. The number of nitrogens with one attached hydrogen (secondary N) is 1. The van der Waals surface area contributed by atoms with Crippen LogP contribution in [0, 0.1) is 6.92 Å². The maximum atomic E-state index is 12.6. The van der Waals surface area contributed by atoms with Gasteiger partial charge in [0.1, 0.15) is 5.75 Å². The second kappa shape index (κ2) is 9.22. The second-order valence-electron chi connectivity index (χ2n) is 7.28. The fraction of sp³-hybridized carbons (Fsp3) is 0.250. The largest absolute Gasteiger partial charge is 0.484 e. The molecule has 6 heteroatoms. The minimum atomic E-state index is -0.238. The lowest BCUT2D eigenvalue weighted by Gasteiger charge is -2.26. The van der Waals surface area contributed by atoms with Crippen molar-refractivity contribution < 1.29 is 14.3 Å². The third-order valence-electron chi connectivity index (χ3n) is 5.14. The minimum Gasteiger partial charge on any atom is -0.484 e. The summed E-state index contributed by atoms with van der Waals surface area (Å²) in [4.78, 5) is 26.9. The van der Waals surface area contributed by atoms with Crippen LogP contribution in [-0.2, 0) is 4.79 Å². The molecule has 154 valence electrons. The van der Waals surface area contributed by atoms with Gasteiger partial charge in [-0.15, -0.1) is 0 Å². The standard InChI is InChI=1S/C24H24N2O3S/c1-17-14-20(24(28)26-10-12-30-13-11-26)7-9-22(17)25-23(27)16-29-21-8-6-18-4-2-3-5-19(18)15-21/h2-9,14-15H,10-13,16H2,1H3,(H,25,27). The third-order valence-corrected chi connectivity index (χ3v) is 6.08. The predicted molar refractivity (Wildman–Crippen MR) is 122 cm³/mol. The number of ether oxygens (including phenoxy) is 1. The van der Waals surface area contributed by atoms with Gasteiger partial charge in [0.15, 0.2) is 6.61 Å². The van der Waals surface area contributed by atoms with Crippen molar-refractivity contribution >= 4 is 40.0 Å². The summed E-state index contributed by atoms with van der Waals surface area (Å²) in [7, 11) is 0. The number of nitrogens with zero attached hydrogens (tertiary/aromatic N) is 1. The number of carbonyl (C=O) groups excluding carboxylic acids is 2. The topological polar surface area (TPSA) is 58.6 Å².